The Morgan fingerprint density at radius 2 is 1.66 bits per heavy atom. The van der Waals surface area contributed by atoms with Gasteiger partial charge in [0.2, 0.25) is 5.91 Å². The van der Waals surface area contributed by atoms with Gasteiger partial charge in [0.1, 0.15) is 18.0 Å². The Morgan fingerprint density at radius 1 is 0.977 bits per heavy atom. The van der Waals surface area contributed by atoms with Crippen LogP contribution in [0.3, 0.4) is 0 Å². The van der Waals surface area contributed by atoms with Gasteiger partial charge in [0.15, 0.2) is 0 Å². The van der Waals surface area contributed by atoms with Gasteiger partial charge in [-0.1, -0.05) is 12.1 Å². The third-order valence-electron chi connectivity index (χ3n) is 9.40. The Bertz CT molecular complexity index is 1730. The number of methoxy groups -OCH3 is 1. The number of amides is 1. The molecule has 1 saturated heterocycles. The Balaban J connectivity index is 1.11. The number of anilines is 1. The highest BCUT2D eigenvalue weighted by Gasteiger charge is 2.39. The number of carbonyl (C=O) groups excluding carboxylic acids is 1. The van der Waals surface area contributed by atoms with Crippen LogP contribution >= 0.6 is 0 Å². The fourth-order valence-electron chi connectivity index (χ4n) is 7.03. The molecule has 2 aliphatic rings. The van der Waals surface area contributed by atoms with E-state index in [1.54, 1.807) is 51.6 Å². The zero-order valence-corrected chi connectivity index (χ0v) is 26.4. The maximum absolute atomic E-state index is 13.6. The Kier molecular flexibility index (Phi) is 8.28. The van der Waals surface area contributed by atoms with E-state index in [4.69, 9.17) is 9.47 Å². The average molecular weight is 617 g/mol. The van der Waals surface area contributed by atoms with Crippen molar-refractivity contribution < 1.29 is 22.7 Å². The molecule has 1 saturated carbocycles. The van der Waals surface area contributed by atoms with Gasteiger partial charge in [-0.3, -0.25) is 14.5 Å². The molecule has 1 spiro atoms. The second kappa shape index (κ2) is 12.1. The van der Waals surface area contributed by atoms with Gasteiger partial charge < -0.3 is 18.9 Å². The van der Waals surface area contributed by atoms with Crippen LogP contribution in [0.15, 0.2) is 72.0 Å². The minimum absolute atomic E-state index is 0.0477. The molecule has 1 aliphatic carbocycles. The number of nitrogens with zero attached hydrogens (tertiary/aromatic N) is 3. The highest BCUT2D eigenvalue weighted by atomic mass is 32.2. The molecule has 232 valence electrons. The molecule has 44 heavy (non-hydrogen) atoms. The number of likely N-dealkylation sites (tertiary alicyclic amines) is 1. The number of para-hydroxylation sites is 1. The molecule has 0 atom stereocenters. The van der Waals surface area contributed by atoms with Crippen LogP contribution in [0.1, 0.15) is 49.7 Å². The van der Waals surface area contributed by atoms with Crippen molar-refractivity contribution >= 4 is 32.5 Å². The molecule has 10 heteroatoms. The normalized spacial score (nSPS) is 17.1. The van der Waals surface area contributed by atoms with Crippen LogP contribution in [-0.2, 0) is 21.4 Å². The number of benzene rings is 2. The second-order valence-electron chi connectivity index (χ2n) is 12.3. The largest absolute Gasteiger partial charge is 0.497 e. The van der Waals surface area contributed by atoms with Crippen LogP contribution in [0.25, 0.3) is 10.9 Å². The maximum Gasteiger partial charge on any atom is 0.262 e. The van der Waals surface area contributed by atoms with E-state index in [0.29, 0.717) is 28.1 Å². The zero-order chi connectivity index (χ0) is 30.9. The first-order valence-corrected chi connectivity index (χ1v) is 16.8. The van der Waals surface area contributed by atoms with E-state index < -0.39 is 10.0 Å². The summed E-state index contributed by atoms with van der Waals surface area (Å²) in [6, 6.07) is 14.7. The van der Waals surface area contributed by atoms with Gasteiger partial charge in [0.05, 0.1) is 29.3 Å². The van der Waals surface area contributed by atoms with Crippen molar-refractivity contribution in [1.29, 1.82) is 0 Å². The summed E-state index contributed by atoms with van der Waals surface area (Å²) in [6.45, 7) is 5.15. The van der Waals surface area contributed by atoms with E-state index in [9.17, 15) is 13.2 Å². The van der Waals surface area contributed by atoms with Crippen LogP contribution < -0.4 is 14.2 Å². The third-order valence-corrected chi connectivity index (χ3v) is 11.1. The van der Waals surface area contributed by atoms with E-state index in [2.05, 4.69) is 9.71 Å². The summed E-state index contributed by atoms with van der Waals surface area (Å²) in [5.41, 5.74) is 2.61. The molecular formula is C34H40N4O5S. The van der Waals surface area contributed by atoms with E-state index in [1.807, 2.05) is 46.0 Å². The number of fused-ring (bicyclic) bond motifs is 1. The van der Waals surface area contributed by atoms with Gasteiger partial charge in [-0.25, -0.2) is 8.42 Å². The lowest BCUT2D eigenvalue weighted by Gasteiger charge is -2.45. The predicted octanol–water partition coefficient (Wildman–Crippen LogP) is 6.09. The molecule has 3 heterocycles. The molecule has 2 fully saturated rings. The number of piperidine rings is 1. The number of hydrogen-bond donors (Lipinski definition) is 1. The molecule has 0 radical (unpaired) electrons. The highest BCUT2D eigenvalue weighted by molar-refractivity contribution is 7.92. The van der Waals surface area contributed by atoms with Crippen molar-refractivity contribution in [3.8, 4) is 11.5 Å². The summed E-state index contributed by atoms with van der Waals surface area (Å²) in [5.74, 6) is 1.53. The Labute approximate surface area is 259 Å². The number of aromatic nitrogens is 2. The van der Waals surface area contributed by atoms with Crippen molar-refractivity contribution in [3.63, 3.8) is 0 Å². The molecule has 4 aromatic rings. The van der Waals surface area contributed by atoms with Crippen LogP contribution in [-0.4, -0.2) is 55.1 Å². The molecular weight excluding hydrogens is 576 g/mol. The molecule has 2 aromatic heterocycles. The van der Waals surface area contributed by atoms with Gasteiger partial charge in [-0.15, -0.1) is 0 Å². The summed E-state index contributed by atoms with van der Waals surface area (Å²) in [6.07, 6.45) is 11.9. The quantitative estimate of drug-likeness (QED) is 0.257. The number of carbonyl (C=O) groups is 1. The molecule has 1 aliphatic heterocycles. The lowest BCUT2D eigenvalue weighted by atomic mass is 9.67. The lowest BCUT2D eigenvalue weighted by molar-refractivity contribution is -0.134. The maximum atomic E-state index is 13.6. The molecule has 1 amide bonds. The lowest BCUT2D eigenvalue weighted by Crippen LogP contribution is -2.46. The second-order valence-corrected chi connectivity index (χ2v) is 13.9. The van der Waals surface area contributed by atoms with Crippen molar-refractivity contribution in [2.45, 2.75) is 69.9 Å². The fraction of sp³-hybridized carbons (Fsp3) is 0.412. The SMILES string of the molecule is COc1cc(C)c(S(=O)(=O)Nc2cccc3ccn(CC(=O)N4CCC5(CCC(Oc6ccncc6)CC5)CC4)c23)c(C)c1. The number of sulfonamides is 1. The standard InChI is InChI=1S/C34H40N4O5S/c1-24-21-29(42-3)22-25(2)33(24)44(40,41)36-30-6-4-5-26-11-18-38(32(26)30)23-31(39)37-19-14-34(15-20-37)12-7-27(8-13-34)43-28-9-16-35-17-10-28/h4-6,9-11,16-18,21-22,27,36H,7-8,12-15,19-20,23H2,1-3H3. The monoisotopic (exact) mass is 616 g/mol. The molecule has 2 aromatic carbocycles. The minimum Gasteiger partial charge on any atom is -0.497 e. The first-order chi connectivity index (χ1) is 21.2. The number of pyridine rings is 1. The van der Waals surface area contributed by atoms with E-state index in [0.717, 1.165) is 62.8 Å². The van der Waals surface area contributed by atoms with Gasteiger partial charge in [-0.05, 0) is 105 Å². The first kappa shape index (κ1) is 30.0. The van der Waals surface area contributed by atoms with Crippen molar-refractivity contribution in [2.24, 2.45) is 5.41 Å². The van der Waals surface area contributed by atoms with Gasteiger partial charge in [0.25, 0.3) is 10.0 Å². The van der Waals surface area contributed by atoms with Crippen molar-refractivity contribution in [1.82, 2.24) is 14.5 Å². The third kappa shape index (κ3) is 6.13. The smallest absolute Gasteiger partial charge is 0.262 e. The number of ether oxygens (including phenoxy) is 2. The topological polar surface area (TPSA) is 103 Å². The summed E-state index contributed by atoms with van der Waals surface area (Å²) in [5, 5.41) is 0.865. The molecule has 1 N–H and O–H groups in total. The molecule has 6 rings (SSSR count). The van der Waals surface area contributed by atoms with Crippen LogP contribution in [0.4, 0.5) is 5.69 Å². The van der Waals surface area contributed by atoms with E-state index in [-0.39, 0.29) is 28.9 Å². The Hall–Kier alpha value is -4.05. The highest BCUT2D eigenvalue weighted by Crippen LogP contribution is 2.45. The average Bonchev–Trinajstić information content (AvgIpc) is 3.42. The molecule has 0 bridgehead atoms. The first-order valence-electron chi connectivity index (χ1n) is 15.3. The zero-order valence-electron chi connectivity index (χ0n) is 25.6. The summed E-state index contributed by atoms with van der Waals surface area (Å²) < 4.78 is 43.3. The van der Waals surface area contributed by atoms with E-state index in [1.165, 1.54) is 0 Å². The number of aryl methyl sites for hydroxylation is 2. The number of rotatable bonds is 8. The van der Waals surface area contributed by atoms with Crippen LogP contribution in [0.5, 0.6) is 11.5 Å². The van der Waals surface area contributed by atoms with Crippen molar-refractivity contribution in [3.05, 3.63) is 78.2 Å². The van der Waals surface area contributed by atoms with Crippen LogP contribution in [0, 0.1) is 19.3 Å². The minimum atomic E-state index is -3.90. The number of hydrogen-bond acceptors (Lipinski definition) is 6. The summed E-state index contributed by atoms with van der Waals surface area (Å²) in [4.78, 5) is 19.8. The van der Waals surface area contributed by atoms with Gasteiger partial charge in [-0.2, -0.15) is 0 Å². The van der Waals surface area contributed by atoms with Crippen molar-refractivity contribution in [2.75, 3.05) is 24.9 Å². The van der Waals surface area contributed by atoms with Gasteiger partial charge >= 0.3 is 0 Å². The van der Waals surface area contributed by atoms with Gasteiger partial charge in [0, 0.05) is 37.1 Å². The summed E-state index contributed by atoms with van der Waals surface area (Å²) in [7, 11) is -2.34. The molecule has 0 unspecified atom stereocenters. The Morgan fingerprint density at radius 3 is 2.32 bits per heavy atom. The molecule has 9 nitrogen and oxygen atoms in total. The van der Waals surface area contributed by atoms with E-state index >= 15 is 0 Å². The van der Waals surface area contributed by atoms with Crippen LogP contribution in [0.2, 0.25) is 0 Å². The number of nitrogens with one attached hydrogen (secondary N) is 1. The summed E-state index contributed by atoms with van der Waals surface area (Å²) >= 11 is 0. The fourth-order valence-corrected chi connectivity index (χ4v) is 8.55. The predicted molar refractivity (Wildman–Crippen MR) is 171 cm³/mol.